The SMILES string of the molecule is CC.CC.CCC.O=c1[nH]cnc2nc(Cl)ccc12. The lowest BCUT2D eigenvalue weighted by molar-refractivity contribution is 1.09. The highest BCUT2D eigenvalue weighted by atomic mass is 35.5. The minimum Gasteiger partial charge on any atom is -0.313 e. The molecule has 1 N–H and O–H groups in total. The van der Waals surface area contributed by atoms with Gasteiger partial charge in [-0.3, -0.25) is 4.79 Å². The molecule has 0 saturated carbocycles. The molecule has 0 aliphatic carbocycles. The van der Waals surface area contributed by atoms with E-state index in [0.29, 0.717) is 16.2 Å². The van der Waals surface area contributed by atoms with Gasteiger partial charge in [0, 0.05) is 0 Å². The molecule has 0 saturated heterocycles. The van der Waals surface area contributed by atoms with Crippen LogP contribution in [0.4, 0.5) is 0 Å². The number of hydrogen-bond donors (Lipinski definition) is 1. The molecule has 0 amide bonds. The summed E-state index contributed by atoms with van der Waals surface area (Å²) >= 11 is 5.61. The molecule has 108 valence electrons. The van der Waals surface area contributed by atoms with Gasteiger partial charge < -0.3 is 4.98 Å². The second-order valence-electron chi connectivity index (χ2n) is 2.94. The van der Waals surface area contributed by atoms with Crippen LogP contribution in [0.5, 0.6) is 0 Å². The molecule has 0 radical (unpaired) electrons. The van der Waals surface area contributed by atoms with Gasteiger partial charge in [-0.1, -0.05) is 59.6 Å². The van der Waals surface area contributed by atoms with Crippen LogP contribution in [0.25, 0.3) is 11.0 Å². The monoisotopic (exact) mass is 285 g/mol. The van der Waals surface area contributed by atoms with Gasteiger partial charge in [-0.2, -0.15) is 0 Å². The van der Waals surface area contributed by atoms with E-state index < -0.39 is 0 Å². The van der Waals surface area contributed by atoms with E-state index in [2.05, 4.69) is 28.8 Å². The van der Waals surface area contributed by atoms with Gasteiger partial charge in [-0.25, -0.2) is 9.97 Å². The molecule has 0 fully saturated rings. The fourth-order valence-electron chi connectivity index (χ4n) is 0.931. The van der Waals surface area contributed by atoms with Gasteiger partial charge >= 0.3 is 0 Å². The van der Waals surface area contributed by atoms with Crippen LogP contribution >= 0.6 is 11.6 Å². The number of aromatic nitrogens is 3. The highest BCUT2D eigenvalue weighted by Crippen LogP contribution is 2.08. The summed E-state index contributed by atoms with van der Waals surface area (Å²) in [5, 5.41) is 0.780. The quantitative estimate of drug-likeness (QED) is 0.728. The number of aromatic amines is 1. The third-order valence-electron chi connectivity index (χ3n) is 1.47. The molecule has 2 aromatic heterocycles. The van der Waals surface area contributed by atoms with E-state index in [1.807, 2.05) is 27.7 Å². The smallest absolute Gasteiger partial charge is 0.260 e. The predicted octanol–water partition coefficient (Wildman–Crippen LogP) is 4.44. The average molecular weight is 286 g/mol. The third-order valence-corrected chi connectivity index (χ3v) is 1.68. The van der Waals surface area contributed by atoms with Crippen molar-refractivity contribution in [2.45, 2.75) is 48.0 Å². The van der Waals surface area contributed by atoms with Crippen LogP contribution in [-0.4, -0.2) is 15.0 Å². The minimum absolute atomic E-state index is 0.204. The Morgan fingerprint density at radius 3 is 2.21 bits per heavy atom. The van der Waals surface area contributed by atoms with Crippen molar-refractivity contribution in [1.82, 2.24) is 15.0 Å². The molecule has 19 heavy (non-hydrogen) atoms. The van der Waals surface area contributed by atoms with Gasteiger partial charge in [0.2, 0.25) is 0 Å². The number of rotatable bonds is 0. The minimum atomic E-state index is -0.204. The zero-order valence-corrected chi connectivity index (χ0v) is 13.4. The Bertz CT molecular complexity index is 497. The zero-order valence-electron chi connectivity index (χ0n) is 12.6. The fourth-order valence-corrected chi connectivity index (χ4v) is 1.07. The molecule has 0 aliphatic rings. The van der Waals surface area contributed by atoms with E-state index in [9.17, 15) is 4.79 Å². The summed E-state index contributed by atoms with van der Waals surface area (Å²) in [6, 6.07) is 3.15. The normalized spacial score (nSPS) is 8.16. The number of H-pyrrole nitrogens is 1. The number of halogens is 1. The molecule has 2 aromatic rings. The molecular weight excluding hydrogens is 262 g/mol. The molecule has 4 nitrogen and oxygen atoms in total. The van der Waals surface area contributed by atoms with Crippen LogP contribution in [0.3, 0.4) is 0 Å². The van der Waals surface area contributed by atoms with Gasteiger partial charge in [-0.15, -0.1) is 0 Å². The molecule has 2 heterocycles. The fraction of sp³-hybridized carbons (Fsp3) is 0.500. The number of nitrogens with zero attached hydrogens (tertiary/aromatic N) is 2. The molecule has 5 heteroatoms. The lowest BCUT2D eigenvalue weighted by atomic mass is 10.3. The largest absolute Gasteiger partial charge is 0.313 e. The Kier molecular flexibility index (Phi) is 13.6. The van der Waals surface area contributed by atoms with E-state index >= 15 is 0 Å². The summed E-state index contributed by atoms with van der Waals surface area (Å²) in [6.07, 6.45) is 2.55. The summed E-state index contributed by atoms with van der Waals surface area (Å²) in [7, 11) is 0. The van der Waals surface area contributed by atoms with Gasteiger partial charge in [-0.05, 0) is 12.1 Å². The summed E-state index contributed by atoms with van der Waals surface area (Å²) in [5.74, 6) is 0. The first-order valence-electron chi connectivity index (χ1n) is 6.69. The van der Waals surface area contributed by atoms with Crippen molar-refractivity contribution in [3.05, 3.63) is 34.0 Å². The third kappa shape index (κ3) is 7.57. The Morgan fingerprint density at radius 2 is 1.68 bits per heavy atom. The standard InChI is InChI=1S/C7H4ClN3O.C3H8.2C2H6/c8-5-2-1-4-6(11-5)9-3-10-7(4)12;1-3-2;2*1-2/h1-3H,(H,9,10,11,12);3H2,1-2H3;2*1-2H3. The van der Waals surface area contributed by atoms with Crippen LogP contribution in [0.1, 0.15) is 48.0 Å². The second kappa shape index (κ2) is 13.0. The van der Waals surface area contributed by atoms with Gasteiger partial charge in [0.05, 0.1) is 11.7 Å². The molecule has 0 bridgehead atoms. The van der Waals surface area contributed by atoms with E-state index in [1.165, 1.54) is 12.7 Å². The number of pyridine rings is 1. The highest BCUT2D eigenvalue weighted by molar-refractivity contribution is 6.29. The summed E-state index contributed by atoms with van der Waals surface area (Å²) in [5.41, 5.74) is 0.162. The first kappa shape index (κ1) is 19.9. The average Bonchev–Trinajstić information content (AvgIpc) is 2.44. The van der Waals surface area contributed by atoms with Crippen molar-refractivity contribution in [3.8, 4) is 0 Å². The van der Waals surface area contributed by atoms with Crippen molar-refractivity contribution in [2.24, 2.45) is 0 Å². The molecule has 2 rings (SSSR count). The van der Waals surface area contributed by atoms with Crippen molar-refractivity contribution in [3.63, 3.8) is 0 Å². The van der Waals surface area contributed by atoms with Crippen LogP contribution in [0, 0.1) is 0 Å². The maximum atomic E-state index is 11.1. The highest BCUT2D eigenvalue weighted by Gasteiger charge is 1.99. The molecule has 0 atom stereocenters. The first-order valence-corrected chi connectivity index (χ1v) is 7.06. The molecule has 0 aliphatic heterocycles. The van der Waals surface area contributed by atoms with E-state index in [1.54, 1.807) is 12.1 Å². The molecule has 0 unspecified atom stereocenters. The number of nitrogens with one attached hydrogen (secondary N) is 1. The lowest BCUT2D eigenvalue weighted by Crippen LogP contribution is -2.06. The molecular formula is C14H24ClN3O. The van der Waals surface area contributed by atoms with E-state index in [0.717, 1.165) is 0 Å². The maximum absolute atomic E-state index is 11.1. The Hall–Kier alpha value is -1.42. The Labute approximate surface area is 120 Å². The van der Waals surface area contributed by atoms with Gasteiger partial charge in [0.25, 0.3) is 5.56 Å². The number of hydrogen-bond acceptors (Lipinski definition) is 3. The molecule has 0 aromatic carbocycles. The van der Waals surface area contributed by atoms with E-state index in [4.69, 9.17) is 11.6 Å². The van der Waals surface area contributed by atoms with Gasteiger partial charge in [0.1, 0.15) is 5.15 Å². The van der Waals surface area contributed by atoms with E-state index in [-0.39, 0.29) is 5.56 Å². The summed E-state index contributed by atoms with van der Waals surface area (Å²) < 4.78 is 0. The predicted molar refractivity (Wildman–Crippen MR) is 83.8 cm³/mol. The van der Waals surface area contributed by atoms with Crippen LogP contribution in [0.2, 0.25) is 5.15 Å². The first-order chi connectivity index (χ1) is 9.19. The summed E-state index contributed by atoms with van der Waals surface area (Å²) in [4.78, 5) is 21.3. The topological polar surface area (TPSA) is 58.6 Å². The van der Waals surface area contributed by atoms with Crippen LogP contribution in [0.15, 0.2) is 23.3 Å². The van der Waals surface area contributed by atoms with Crippen LogP contribution < -0.4 is 5.56 Å². The van der Waals surface area contributed by atoms with Gasteiger partial charge in [0.15, 0.2) is 5.65 Å². The van der Waals surface area contributed by atoms with Crippen molar-refractivity contribution >= 4 is 22.6 Å². The lowest BCUT2D eigenvalue weighted by Gasteiger charge is -1.93. The maximum Gasteiger partial charge on any atom is 0.260 e. The summed E-state index contributed by atoms with van der Waals surface area (Å²) in [6.45, 7) is 12.2. The second-order valence-corrected chi connectivity index (χ2v) is 3.33. The van der Waals surface area contributed by atoms with Crippen LogP contribution in [-0.2, 0) is 0 Å². The molecule has 0 spiro atoms. The van der Waals surface area contributed by atoms with Crippen molar-refractivity contribution in [2.75, 3.05) is 0 Å². The van der Waals surface area contributed by atoms with Crippen molar-refractivity contribution < 1.29 is 0 Å². The van der Waals surface area contributed by atoms with Crippen molar-refractivity contribution in [1.29, 1.82) is 0 Å². The number of fused-ring (bicyclic) bond motifs is 1. The Balaban J connectivity index is 0. The Morgan fingerprint density at radius 1 is 1.16 bits per heavy atom. The zero-order chi connectivity index (χ0) is 15.3.